The summed E-state index contributed by atoms with van der Waals surface area (Å²) in [6.45, 7) is 0.603. The molecule has 0 bridgehead atoms. The van der Waals surface area contributed by atoms with Crippen LogP contribution in [0, 0.1) is 0 Å². The number of benzene rings is 1. The first-order valence-corrected chi connectivity index (χ1v) is 7.84. The van der Waals surface area contributed by atoms with Crippen molar-refractivity contribution in [1.82, 2.24) is 14.5 Å². The number of pyridine rings is 1. The first-order valence-electron chi connectivity index (χ1n) is 7.84. The third kappa shape index (κ3) is 3.70. The Hall–Kier alpha value is -2.92. The maximum absolute atomic E-state index is 12.7. The monoisotopic (exact) mass is 321 g/mol. The molecule has 0 saturated carbocycles. The number of carbonyl (C=O) groups is 1. The minimum atomic E-state index is -0.189. The summed E-state index contributed by atoms with van der Waals surface area (Å²) in [6, 6.07) is 17.3. The molecule has 3 aromatic rings. The quantitative estimate of drug-likeness (QED) is 0.759. The van der Waals surface area contributed by atoms with Gasteiger partial charge < -0.3 is 10.0 Å². The number of nitrogens with zero attached hydrogens (tertiary/aromatic N) is 3. The number of aliphatic hydroxyl groups excluding tert-OH is 1. The van der Waals surface area contributed by atoms with Gasteiger partial charge in [-0.05, 0) is 23.8 Å². The summed E-state index contributed by atoms with van der Waals surface area (Å²) in [5.74, 6) is -0.189. The van der Waals surface area contributed by atoms with Crippen LogP contribution in [0.4, 0.5) is 0 Å². The van der Waals surface area contributed by atoms with Gasteiger partial charge in [0.15, 0.2) is 5.69 Å². The van der Waals surface area contributed by atoms with Gasteiger partial charge in [0.1, 0.15) is 0 Å². The van der Waals surface area contributed by atoms with E-state index in [0.29, 0.717) is 12.2 Å². The Morgan fingerprint density at radius 3 is 2.71 bits per heavy atom. The summed E-state index contributed by atoms with van der Waals surface area (Å²) in [5.41, 5.74) is 2.31. The highest BCUT2D eigenvalue weighted by Crippen LogP contribution is 2.09. The van der Waals surface area contributed by atoms with E-state index in [1.54, 1.807) is 21.7 Å². The van der Waals surface area contributed by atoms with Gasteiger partial charge in [-0.25, -0.2) is 4.52 Å². The van der Waals surface area contributed by atoms with Crippen LogP contribution in [0.25, 0.3) is 11.6 Å². The number of aromatic nitrogens is 2. The van der Waals surface area contributed by atoms with Gasteiger partial charge in [-0.15, -0.1) is 0 Å². The zero-order valence-electron chi connectivity index (χ0n) is 13.2. The first-order chi connectivity index (χ1) is 11.8. The lowest BCUT2D eigenvalue weighted by molar-refractivity contribution is 0.0737. The number of hydrogen-bond acceptors (Lipinski definition) is 3. The molecule has 0 spiro atoms. The van der Waals surface area contributed by atoms with Gasteiger partial charge in [0.25, 0.3) is 5.91 Å². The number of rotatable bonds is 6. The standard InChI is InChI=1S/C19H19N3O2/c23-14-13-21(11-6-9-16-7-2-1-3-8-16)19(24)18-15-17-10-4-5-12-22(17)20-18/h1-10,12,15,23H,11,13-14H2/b9-6+. The van der Waals surface area contributed by atoms with E-state index in [9.17, 15) is 9.90 Å². The summed E-state index contributed by atoms with van der Waals surface area (Å²) in [4.78, 5) is 14.2. The molecule has 122 valence electrons. The molecule has 0 saturated heterocycles. The summed E-state index contributed by atoms with van der Waals surface area (Å²) >= 11 is 0. The lowest BCUT2D eigenvalue weighted by Gasteiger charge is -2.18. The highest BCUT2D eigenvalue weighted by molar-refractivity contribution is 5.93. The van der Waals surface area contributed by atoms with E-state index in [4.69, 9.17) is 0 Å². The molecule has 0 unspecified atom stereocenters. The van der Waals surface area contributed by atoms with Crippen molar-refractivity contribution < 1.29 is 9.90 Å². The second-order valence-corrected chi connectivity index (χ2v) is 5.39. The van der Waals surface area contributed by atoms with Gasteiger partial charge in [-0.1, -0.05) is 48.6 Å². The third-order valence-corrected chi connectivity index (χ3v) is 3.68. The maximum atomic E-state index is 12.7. The average molecular weight is 321 g/mol. The van der Waals surface area contributed by atoms with Crippen LogP contribution in [-0.2, 0) is 0 Å². The minimum absolute atomic E-state index is 0.0850. The first kappa shape index (κ1) is 16.0. The van der Waals surface area contributed by atoms with Crippen molar-refractivity contribution in [3.05, 3.63) is 78.1 Å². The van der Waals surface area contributed by atoms with E-state index in [-0.39, 0.29) is 19.1 Å². The normalized spacial score (nSPS) is 11.2. The summed E-state index contributed by atoms with van der Waals surface area (Å²) < 4.78 is 1.67. The van der Waals surface area contributed by atoms with Crippen LogP contribution in [0.2, 0.25) is 0 Å². The van der Waals surface area contributed by atoms with Crippen LogP contribution in [0.1, 0.15) is 16.1 Å². The maximum Gasteiger partial charge on any atom is 0.274 e. The number of fused-ring (bicyclic) bond motifs is 1. The zero-order valence-corrected chi connectivity index (χ0v) is 13.2. The smallest absolute Gasteiger partial charge is 0.274 e. The molecular weight excluding hydrogens is 302 g/mol. The molecule has 3 rings (SSSR count). The van der Waals surface area contributed by atoms with Crippen LogP contribution >= 0.6 is 0 Å². The fraction of sp³-hybridized carbons (Fsp3) is 0.158. The van der Waals surface area contributed by atoms with Crippen LogP contribution in [-0.4, -0.2) is 45.2 Å². The van der Waals surface area contributed by atoms with Gasteiger partial charge in [0, 0.05) is 19.3 Å². The molecule has 5 nitrogen and oxygen atoms in total. The van der Waals surface area contributed by atoms with Crippen LogP contribution in [0.5, 0.6) is 0 Å². The predicted molar refractivity (Wildman–Crippen MR) is 93.7 cm³/mol. The Bertz CT molecular complexity index is 807. The van der Waals surface area contributed by atoms with E-state index in [1.165, 1.54) is 0 Å². The molecule has 1 amide bonds. The highest BCUT2D eigenvalue weighted by Gasteiger charge is 2.17. The molecule has 1 aromatic carbocycles. The topological polar surface area (TPSA) is 57.8 Å². The SMILES string of the molecule is O=C(c1cc2ccccn2n1)N(C/C=C/c1ccccc1)CCO. The van der Waals surface area contributed by atoms with E-state index in [0.717, 1.165) is 11.1 Å². The lowest BCUT2D eigenvalue weighted by atomic mass is 10.2. The van der Waals surface area contributed by atoms with Crippen molar-refractivity contribution in [2.45, 2.75) is 0 Å². The minimum Gasteiger partial charge on any atom is -0.395 e. The van der Waals surface area contributed by atoms with Crippen molar-refractivity contribution in [2.75, 3.05) is 19.7 Å². The van der Waals surface area contributed by atoms with Crippen molar-refractivity contribution in [1.29, 1.82) is 0 Å². The van der Waals surface area contributed by atoms with E-state index in [1.807, 2.05) is 60.7 Å². The van der Waals surface area contributed by atoms with Crippen molar-refractivity contribution in [3.63, 3.8) is 0 Å². The molecule has 1 N–H and O–H groups in total. The average Bonchev–Trinajstić information content (AvgIpc) is 3.05. The zero-order chi connectivity index (χ0) is 16.8. The summed E-state index contributed by atoms with van der Waals surface area (Å²) in [5, 5.41) is 13.5. The van der Waals surface area contributed by atoms with E-state index >= 15 is 0 Å². The molecule has 0 aliphatic carbocycles. The number of carbonyl (C=O) groups excluding carboxylic acids is 1. The van der Waals surface area contributed by atoms with Crippen LogP contribution in [0.3, 0.4) is 0 Å². The van der Waals surface area contributed by atoms with Crippen molar-refractivity contribution >= 4 is 17.5 Å². The molecule has 0 fully saturated rings. The van der Waals surface area contributed by atoms with Crippen LogP contribution < -0.4 is 0 Å². The summed E-state index contributed by atoms with van der Waals surface area (Å²) in [7, 11) is 0. The highest BCUT2D eigenvalue weighted by atomic mass is 16.3. The molecule has 24 heavy (non-hydrogen) atoms. The molecule has 0 radical (unpaired) electrons. The second kappa shape index (κ2) is 7.57. The van der Waals surface area contributed by atoms with Gasteiger partial charge in [-0.2, -0.15) is 5.10 Å². The Balaban J connectivity index is 1.74. The Morgan fingerprint density at radius 2 is 1.96 bits per heavy atom. The van der Waals surface area contributed by atoms with E-state index in [2.05, 4.69) is 5.10 Å². The van der Waals surface area contributed by atoms with Gasteiger partial charge in [0.2, 0.25) is 0 Å². The number of amides is 1. The number of hydrogen-bond donors (Lipinski definition) is 1. The van der Waals surface area contributed by atoms with Gasteiger partial charge in [-0.3, -0.25) is 4.79 Å². The molecule has 2 aromatic heterocycles. The second-order valence-electron chi connectivity index (χ2n) is 5.39. The molecular formula is C19H19N3O2. The molecule has 0 aliphatic rings. The predicted octanol–water partition coefficient (Wildman–Crippen LogP) is 2.48. The molecule has 0 aliphatic heterocycles. The van der Waals surface area contributed by atoms with E-state index < -0.39 is 0 Å². The Labute approximate surface area is 140 Å². The van der Waals surface area contributed by atoms with Crippen LogP contribution in [0.15, 0.2) is 66.9 Å². The Kier molecular flexibility index (Phi) is 5.03. The summed E-state index contributed by atoms with van der Waals surface area (Å²) in [6.07, 6.45) is 5.68. The fourth-order valence-corrected chi connectivity index (χ4v) is 2.48. The fourth-order valence-electron chi connectivity index (χ4n) is 2.48. The molecule has 2 heterocycles. The molecule has 5 heteroatoms. The largest absolute Gasteiger partial charge is 0.395 e. The number of aliphatic hydroxyl groups is 1. The van der Waals surface area contributed by atoms with Gasteiger partial charge in [0.05, 0.1) is 12.1 Å². The Morgan fingerprint density at radius 1 is 1.17 bits per heavy atom. The van der Waals surface area contributed by atoms with Gasteiger partial charge >= 0.3 is 0 Å². The lowest BCUT2D eigenvalue weighted by Crippen LogP contribution is -2.34. The third-order valence-electron chi connectivity index (χ3n) is 3.68. The van der Waals surface area contributed by atoms with Crippen molar-refractivity contribution in [2.24, 2.45) is 0 Å². The van der Waals surface area contributed by atoms with Crippen molar-refractivity contribution in [3.8, 4) is 0 Å². The molecule has 0 atom stereocenters.